The van der Waals surface area contributed by atoms with Crippen molar-refractivity contribution in [1.29, 1.82) is 0 Å². The van der Waals surface area contributed by atoms with Gasteiger partial charge in [-0.3, -0.25) is 9.59 Å². The standard InChI is InChI=1S/C42H82O4/c1-3-5-7-8-9-10-11-12-15-20-23-26-29-32-35-39-42(45)46-40(36-6-4-2)37-33-30-27-24-21-18-16-13-14-17-19-22-25-28-31-34-38-41(43)44/h40H,3-39H2,1-2H3,(H,43,44). The summed E-state index contributed by atoms with van der Waals surface area (Å²) in [6.07, 6.45) is 46.1. The first kappa shape index (κ1) is 44.9. The molecular formula is C42H82O4. The lowest BCUT2D eigenvalue weighted by Crippen LogP contribution is -2.18. The highest BCUT2D eigenvalue weighted by Crippen LogP contribution is 2.19. The molecule has 0 fully saturated rings. The molecule has 0 radical (unpaired) electrons. The molecule has 0 heterocycles. The van der Waals surface area contributed by atoms with Gasteiger partial charge in [0.05, 0.1) is 0 Å². The zero-order chi connectivity index (χ0) is 33.6. The molecule has 0 spiro atoms. The first-order valence-electron chi connectivity index (χ1n) is 21.0. The van der Waals surface area contributed by atoms with Gasteiger partial charge in [-0.25, -0.2) is 0 Å². The molecule has 4 nitrogen and oxygen atoms in total. The average molecular weight is 651 g/mol. The Balaban J connectivity index is 3.56. The summed E-state index contributed by atoms with van der Waals surface area (Å²) in [6.45, 7) is 4.51. The predicted molar refractivity (Wildman–Crippen MR) is 200 cm³/mol. The summed E-state index contributed by atoms with van der Waals surface area (Å²) in [4.78, 5) is 23.0. The van der Waals surface area contributed by atoms with Gasteiger partial charge in [0, 0.05) is 12.8 Å². The summed E-state index contributed by atoms with van der Waals surface area (Å²) in [6, 6.07) is 0. The zero-order valence-electron chi connectivity index (χ0n) is 31.4. The van der Waals surface area contributed by atoms with Gasteiger partial charge in [0.1, 0.15) is 6.10 Å². The number of carbonyl (C=O) groups excluding carboxylic acids is 1. The molecule has 0 saturated carbocycles. The monoisotopic (exact) mass is 651 g/mol. The number of unbranched alkanes of at least 4 members (excludes halogenated alkanes) is 30. The van der Waals surface area contributed by atoms with E-state index in [0.29, 0.717) is 12.8 Å². The molecule has 0 aromatic rings. The molecule has 0 amide bonds. The van der Waals surface area contributed by atoms with Crippen molar-refractivity contribution < 1.29 is 19.4 Å². The minimum absolute atomic E-state index is 0.0452. The Morgan fingerprint density at radius 2 is 0.674 bits per heavy atom. The van der Waals surface area contributed by atoms with Crippen molar-refractivity contribution in [1.82, 2.24) is 0 Å². The van der Waals surface area contributed by atoms with Gasteiger partial charge < -0.3 is 9.84 Å². The van der Waals surface area contributed by atoms with Gasteiger partial charge in [-0.1, -0.05) is 206 Å². The van der Waals surface area contributed by atoms with Gasteiger partial charge in [-0.05, 0) is 32.1 Å². The predicted octanol–water partition coefficient (Wildman–Crippen LogP) is 14.5. The van der Waals surface area contributed by atoms with E-state index in [2.05, 4.69) is 13.8 Å². The molecule has 274 valence electrons. The number of carbonyl (C=O) groups is 2. The Kier molecular flexibility index (Phi) is 37.5. The fraction of sp³-hybridized carbons (Fsp3) is 0.952. The molecule has 1 unspecified atom stereocenters. The van der Waals surface area contributed by atoms with E-state index < -0.39 is 5.97 Å². The maximum Gasteiger partial charge on any atom is 0.306 e. The lowest BCUT2D eigenvalue weighted by molar-refractivity contribution is -0.150. The molecule has 0 rings (SSSR count). The Labute approximate surface area is 288 Å². The number of hydrogen-bond donors (Lipinski definition) is 1. The summed E-state index contributed by atoms with van der Waals surface area (Å²) in [7, 11) is 0. The third-order valence-corrected chi connectivity index (χ3v) is 9.83. The number of carboxylic acid groups (broad SMARTS) is 1. The minimum Gasteiger partial charge on any atom is -0.481 e. The second kappa shape index (κ2) is 38.4. The first-order chi connectivity index (χ1) is 22.6. The second-order valence-corrected chi connectivity index (χ2v) is 14.5. The molecule has 0 aliphatic carbocycles. The quantitative estimate of drug-likeness (QED) is 0.0531. The lowest BCUT2D eigenvalue weighted by Gasteiger charge is -2.18. The molecule has 1 N–H and O–H groups in total. The number of rotatable bonds is 39. The van der Waals surface area contributed by atoms with Crippen molar-refractivity contribution in [3.05, 3.63) is 0 Å². The summed E-state index contributed by atoms with van der Waals surface area (Å²) < 4.78 is 5.95. The van der Waals surface area contributed by atoms with Crippen LogP contribution >= 0.6 is 0 Å². The molecule has 1 atom stereocenters. The Morgan fingerprint density at radius 1 is 0.391 bits per heavy atom. The molecule has 0 bridgehead atoms. The highest BCUT2D eigenvalue weighted by molar-refractivity contribution is 5.69. The van der Waals surface area contributed by atoms with Crippen molar-refractivity contribution in [2.45, 2.75) is 258 Å². The molecule has 0 aromatic carbocycles. The van der Waals surface area contributed by atoms with Gasteiger partial charge >= 0.3 is 11.9 Å². The first-order valence-corrected chi connectivity index (χ1v) is 21.0. The van der Waals surface area contributed by atoms with Gasteiger partial charge in [0.25, 0.3) is 0 Å². The lowest BCUT2D eigenvalue weighted by atomic mass is 10.0. The molecule has 0 saturated heterocycles. The SMILES string of the molecule is CCCCCCCCCCCCCCCCCC(=O)OC(CCCC)CCCCCCCCCCCCCCCCCCC(=O)O. The van der Waals surface area contributed by atoms with E-state index >= 15 is 0 Å². The third kappa shape index (κ3) is 37.4. The smallest absolute Gasteiger partial charge is 0.306 e. The van der Waals surface area contributed by atoms with Crippen molar-refractivity contribution in [2.24, 2.45) is 0 Å². The van der Waals surface area contributed by atoms with Gasteiger partial charge in [-0.2, -0.15) is 0 Å². The van der Waals surface area contributed by atoms with Crippen LogP contribution in [0, 0.1) is 0 Å². The minimum atomic E-state index is -0.661. The maximum atomic E-state index is 12.5. The van der Waals surface area contributed by atoms with Crippen LogP contribution in [0.5, 0.6) is 0 Å². The van der Waals surface area contributed by atoms with Gasteiger partial charge in [-0.15, -0.1) is 0 Å². The van der Waals surface area contributed by atoms with Gasteiger partial charge in [0.15, 0.2) is 0 Å². The normalized spacial score (nSPS) is 12.0. The fourth-order valence-corrected chi connectivity index (χ4v) is 6.70. The Morgan fingerprint density at radius 3 is 1.02 bits per heavy atom. The summed E-state index contributed by atoms with van der Waals surface area (Å²) in [5.74, 6) is -0.616. The van der Waals surface area contributed by atoms with E-state index in [1.165, 1.54) is 186 Å². The van der Waals surface area contributed by atoms with Crippen LogP contribution in [0.3, 0.4) is 0 Å². The van der Waals surface area contributed by atoms with E-state index in [-0.39, 0.29) is 12.1 Å². The molecule has 4 heteroatoms. The Hall–Kier alpha value is -1.06. The van der Waals surface area contributed by atoms with Crippen LogP contribution in [0.15, 0.2) is 0 Å². The number of ether oxygens (including phenoxy) is 1. The topological polar surface area (TPSA) is 63.6 Å². The molecule has 0 aliphatic rings. The van der Waals surface area contributed by atoms with Gasteiger partial charge in [0.2, 0.25) is 0 Å². The number of esters is 1. The van der Waals surface area contributed by atoms with Crippen LogP contribution < -0.4 is 0 Å². The van der Waals surface area contributed by atoms with Crippen molar-refractivity contribution >= 4 is 11.9 Å². The van der Waals surface area contributed by atoms with Crippen molar-refractivity contribution in [2.75, 3.05) is 0 Å². The van der Waals surface area contributed by atoms with Crippen LogP contribution in [0.2, 0.25) is 0 Å². The number of aliphatic carboxylic acids is 1. The second-order valence-electron chi connectivity index (χ2n) is 14.5. The van der Waals surface area contributed by atoms with Crippen LogP contribution in [0.1, 0.15) is 251 Å². The molecule has 0 aliphatic heterocycles. The van der Waals surface area contributed by atoms with E-state index in [4.69, 9.17) is 9.84 Å². The van der Waals surface area contributed by atoms with Crippen LogP contribution in [0.4, 0.5) is 0 Å². The molecular weight excluding hydrogens is 568 g/mol. The fourth-order valence-electron chi connectivity index (χ4n) is 6.70. The Bertz CT molecular complexity index is 619. The van der Waals surface area contributed by atoms with Crippen molar-refractivity contribution in [3.8, 4) is 0 Å². The van der Waals surface area contributed by atoms with E-state index in [1.54, 1.807) is 0 Å². The largest absolute Gasteiger partial charge is 0.481 e. The summed E-state index contributed by atoms with van der Waals surface area (Å²) in [5.41, 5.74) is 0. The van der Waals surface area contributed by atoms with E-state index in [9.17, 15) is 9.59 Å². The highest BCUT2D eigenvalue weighted by atomic mass is 16.5. The summed E-state index contributed by atoms with van der Waals surface area (Å²) in [5, 5.41) is 8.66. The number of hydrogen-bond acceptors (Lipinski definition) is 3. The van der Waals surface area contributed by atoms with E-state index in [0.717, 1.165) is 38.5 Å². The van der Waals surface area contributed by atoms with E-state index in [1.807, 2.05) is 0 Å². The van der Waals surface area contributed by atoms with Crippen LogP contribution in [-0.2, 0) is 14.3 Å². The highest BCUT2D eigenvalue weighted by Gasteiger charge is 2.14. The average Bonchev–Trinajstić information content (AvgIpc) is 3.04. The van der Waals surface area contributed by atoms with Crippen molar-refractivity contribution in [3.63, 3.8) is 0 Å². The van der Waals surface area contributed by atoms with Crippen LogP contribution in [-0.4, -0.2) is 23.1 Å². The zero-order valence-corrected chi connectivity index (χ0v) is 31.4. The maximum absolute atomic E-state index is 12.5. The molecule has 0 aromatic heterocycles. The molecule has 46 heavy (non-hydrogen) atoms. The summed E-state index contributed by atoms with van der Waals surface area (Å²) >= 11 is 0. The third-order valence-electron chi connectivity index (χ3n) is 9.83. The van der Waals surface area contributed by atoms with Crippen LogP contribution in [0.25, 0.3) is 0 Å². The number of carboxylic acids is 1.